The average molecular weight is 361 g/mol. The first-order chi connectivity index (χ1) is 10.4. The lowest BCUT2D eigenvalue weighted by Crippen LogP contribution is -2.06. The Morgan fingerprint density at radius 3 is 1.86 bits per heavy atom. The summed E-state index contributed by atoms with van der Waals surface area (Å²) in [5.74, 6) is 0. The zero-order chi connectivity index (χ0) is 15.0. The third kappa shape index (κ3) is 12.4. The number of alkyl halides is 1. The second-order valence-corrected chi connectivity index (χ2v) is 6.67. The maximum Gasteiger partial charge on any atom is 0.157 e. The molecule has 21 heavy (non-hydrogen) atoms. The highest BCUT2D eigenvalue weighted by Gasteiger charge is 2.14. The molecule has 3 heteroatoms. The molecular weight excluding hydrogens is 328 g/mol. The molecule has 0 N–H and O–H groups in total. The summed E-state index contributed by atoms with van der Waals surface area (Å²) in [7, 11) is 0. The number of halogens is 1. The molecule has 0 aliphatic carbocycles. The van der Waals surface area contributed by atoms with Crippen molar-refractivity contribution in [2.45, 2.75) is 83.3 Å². The summed E-state index contributed by atoms with van der Waals surface area (Å²) in [6.07, 6.45) is 20.5. The summed E-state index contributed by atoms with van der Waals surface area (Å²) in [5.41, 5.74) is 0. The Morgan fingerprint density at radius 2 is 1.24 bits per heavy atom. The van der Waals surface area contributed by atoms with Crippen LogP contribution in [0.25, 0.3) is 0 Å². The van der Waals surface area contributed by atoms with E-state index in [0.29, 0.717) is 0 Å². The van der Waals surface area contributed by atoms with E-state index in [9.17, 15) is 0 Å². The van der Waals surface area contributed by atoms with Crippen LogP contribution in [0.1, 0.15) is 77.0 Å². The van der Waals surface area contributed by atoms with Crippen molar-refractivity contribution in [3.63, 3.8) is 0 Å². The third-order valence-corrected chi connectivity index (χ3v) is 4.48. The van der Waals surface area contributed by atoms with Gasteiger partial charge in [-0.05, 0) is 44.9 Å². The molecule has 0 spiro atoms. The Hall–Kier alpha value is 0.140. The van der Waals surface area contributed by atoms with Gasteiger partial charge in [-0.15, -0.1) is 0 Å². The summed E-state index contributed by atoms with van der Waals surface area (Å²) in [6.45, 7) is 1.57. The van der Waals surface area contributed by atoms with E-state index in [-0.39, 0.29) is 6.29 Å². The van der Waals surface area contributed by atoms with E-state index in [1.807, 2.05) is 0 Å². The van der Waals surface area contributed by atoms with Crippen LogP contribution in [-0.4, -0.2) is 24.8 Å². The van der Waals surface area contributed by atoms with Crippen LogP contribution in [0.4, 0.5) is 0 Å². The lowest BCUT2D eigenvalue weighted by molar-refractivity contribution is -0.0480. The highest BCUT2D eigenvalue weighted by atomic mass is 79.9. The van der Waals surface area contributed by atoms with Gasteiger partial charge in [0.05, 0.1) is 13.2 Å². The van der Waals surface area contributed by atoms with Gasteiger partial charge in [-0.2, -0.15) is 0 Å². The fourth-order valence-corrected chi connectivity index (χ4v) is 3.02. The van der Waals surface area contributed by atoms with Gasteiger partial charge in [-0.25, -0.2) is 0 Å². The van der Waals surface area contributed by atoms with Crippen molar-refractivity contribution >= 4 is 15.9 Å². The van der Waals surface area contributed by atoms with Gasteiger partial charge in [0.15, 0.2) is 6.29 Å². The minimum Gasteiger partial charge on any atom is -0.350 e. The Labute approximate surface area is 139 Å². The molecule has 0 aromatic heterocycles. The Morgan fingerprint density at radius 1 is 0.714 bits per heavy atom. The zero-order valence-electron chi connectivity index (χ0n) is 13.5. The second kappa shape index (κ2) is 15.1. The molecule has 0 aromatic rings. The second-order valence-electron chi connectivity index (χ2n) is 5.88. The number of rotatable bonds is 14. The fraction of sp³-hybridized carbons (Fsp3) is 0.889. The molecule has 124 valence electrons. The fourth-order valence-electron chi connectivity index (χ4n) is 2.62. The number of hydrogen-bond acceptors (Lipinski definition) is 2. The average Bonchev–Trinajstić information content (AvgIpc) is 3.01. The minimum atomic E-state index is 0.0995. The molecule has 0 radical (unpaired) electrons. The van der Waals surface area contributed by atoms with Crippen molar-refractivity contribution in [1.82, 2.24) is 0 Å². The van der Waals surface area contributed by atoms with E-state index in [1.54, 1.807) is 0 Å². The molecule has 0 bridgehead atoms. The number of allylic oxidation sites excluding steroid dienone is 2. The van der Waals surface area contributed by atoms with Gasteiger partial charge in [0, 0.05) is 5.33 Å². The van der Waals surface area contributed by atoms with Crippen molar-refractivity contribution < 1.29 is 9.47 Å². The molecule has 1 rings (SSSR count). The third-order valence-electron chi connectivity index (χ3n) is 3.92. The predicted molar refractivity (Wildman–Crippen MR) is 94.0 cm³/mol. The first-order valence-corrected chi connectivity index (χ1v) is 10.00. The maximum atomic E-state index is 5.43. The molecule has 0 unspecified atom stereocenters. The molecule has 1 heterocycles. The molecule has 0 atom stereocenters. The van der Waals surface area contributed by atoms with Crippen molar-refractivity contribution in [3.8, 4) is 0 Å². The van der Waals surface area contributed by atoms with Crippen LogP contribution in [0.3, 0.4) is 0 Å². The largest absolute Gasteiger partial charge is 0.350 e. The van der Waals surface area contributed by atoms with Crippen molar-refractivity contribution in [2.75, 3.05) is 18.5 Å². The van der Waals surface area contributed by atoms with Crippen LogP contribution in [0.5, 0.6) is 0 Å². The highest BCUT2D eigenvalue weighted by Crippen LogP contribution is 2.14. The van der Waals surface area contributed by atoms with Crippen LogP contribution in [0.15, 0.2) is 12.2 Å². The van der Waals surface area contributed by atoms with Gasteiger partial charge >= 0.3 is 0 Å². The van der Waals surface area contributed by atoms with E-state index >= 15 is 0 Å². The monoisotopic (exact) mass is 360 g/mol. The molecule has 1 aliphatic heterocycles. The molecule has 2 nitrogen and oxygen atoms in total. The Bertz CT molecular complexity index is 237. The molecule has 0 saturated carbocycles. The molecule has 1 aliphatic rings. The van der Waals surface area contributed by atoms with E-state index < -0.39 is 0 Å². The van der Waals surface area contributed by atoms with Crippen LogP contribution in [0, 0.1) is 0 Å². The molecule has 1 saturated heterocycles. The lowest BCUT2D eigenvalue weighted by atomic mass is 10.1. The van der Waals surface area contributed by atoms with E-state index in [4.69, 9.17) is 9.47 Å². The van der Waals surface area contributed by atoms with Crippen molar-refractivity contribution in [2.24, 2.45) is 0 Å². The number of ether oxygens (including phenoxy) is 2. The lowest BCUT2D eigenvalue weighted by Gasteiger charge is -2.07. The van der Waals surface area contributed by atoms with Crippen molar-refractivity contribution in [3.05, 3.63) is 12.2 Å². The van der Waals surface area contributed by atoms with Crippen molar-refractivity contribution in [1.29, 1.82) is 0 Å². The Kier molecular flexibility index (Phi) is 13.8. The van der Waals surface area contributed by atoms with Gasteiger partial charge in [-0.3, -0.25) is 0 Å². The van der Waals surface area contributed by atoms with Crippen LogP contribution < -0.4 is 0 Å². The minimum absolute atomic E-state index is 0.0995. The standard InChI is InChI=1S/C18H33BrO2/c19-15-13-11-9-7-5-3-1-2-4-6-8-10-12-14-18-20-16-17-21-18/h1,3,18H,2,4-17H2/b3-1-. The first-order valence-electron chi connectivity index (χ1n) is 8.87. The van der Waals surface area contributed by atoms with Gasteiger partial charge < -0.3 is 9.47 Å². The molecular formula is C18H33BrO2. The number of unbranched alkanes of at least 4 members (excludes halogenated alkanes) is 9. The van der Waals surface area contributed by atoms with Gasteiger partial charge in [0.2, 0.25) is 0 Å². The molecule has 0 amide bonds. The van der Waals surface area contributed by atoms with E-state index in [1.165, 1.54) is 70.6 Å². The summed E-state index contributed by atoms with van der Waals surface area (Å²) < 4.78 is 10.9. The smallest absolute Gasteiger partial charge is 0.157 e. The highest BCUT2D eigenvalue weighted by molar-refractivity contribution is 9.09. The van der Waals surface area contributed by atoms with Gasteiger partial charge in [-0.1, -0.05) is 60.2 Å². The summed E-state index contributed by atoms with van der Waals surface area (Å²) >= 11 is 3.47. The topological polar surface area (TPSA) is 18.5 Å². The Balaban J connectivity index is 1.71. The van der Waals surface area contributed by atoms with Crippen LogP contribution >= 0.6 is 15.9 Å². The maximum absolute atomic E-state index is 5.43. The van der Waals surface area contributed by atoms with Gasteiger partial charge in [0.1, 0.15) is 0 Å². The summed E-state index contributed by atoms with van der Waals surface area (Å²) in [6, 6.07) is 0. The van der Waals surface area contributed by atoms with Gasteiger partial charge in [0.25, 0.3) is 0 Å². The predicted octanol–water partition coefficient (Wildman–Crippen LogP) is 5.99. The first kappa shape index (κ1) is 19.2. The van der Waals surface area contributed by atoms with E-state index in [0.717, 1.165) is 25.0 Å². The quantitative estimate of drug-likeness (QED) is 0.215. The summed E-state index contributed by atoms with van der Waals surface area (Å²) in [5, 5.41) is 1.16. The van der Waals surface area contributed by atoms with Crippen LogP contribution in [-0.2, 0) is 9.47 Å². The summed E-state index contributed by atoms with van der Waals surface area (Å²) in [4.78, 5) is 0. The normalized spacial score (nSPS) is 16.2. The SMILES string of the molecule is BrCCCCCC/C=C\CCCCCCCC1OCCO1. The molecule has 1 fully saturated rings. The zero-order valence-corrected chi connectivity index (χ0v) is 15.1. The molecule has 0 aromatic carbocycles. The van der Waals surface area contributed by atoms with E-state index in [2.05, 4.69) is 28.1 Å². The van der Waals surface area contributed by atoms with Crippen LogP contribution in [0.2, 0.25) is 0 Å². The number of hydrogen-bond donors (Lipinski definition) is 0.